The van der Waals surface area contributed by atoms with Crippen molar-refractivity contribution in [2.75, 3.05) is 26.2 Å². The molecule has 3 aromatic rings. The first-order chi connectivity index (χ1) is 12.2. The Kier molecular flexibility index (Phi) is 4.70. The maximum atomic E-state index is 12.8. The van der Waals surface area contributed by atoms with Crippen molar-refractivity contribution in [3.05, 3.63) is 70.3 Å². The van der Waals surface area contributed by atoms with Crippen LogP contribution in [0, 0.1) is 0 Å². The molecule has 0 aliphatic carbocycles. The maximum Gasteiger partial charge on any atom is 0.178 e. The minimum atomic E-state index is 0.0117. The Morgan fingerprint density at radius 3 is 2.84 bits per heavy atom. The third-order valence-electron chi connectivity index (χ3n) is 4.65. The number of halogens is 1. The van der Waals surface area contributed by atoms with Crippen molar-refractivity contribution >= 4 is 32.6 Å². The highest BCUT2D eigenvalue weighted by Crippen LogP contribution is 2.24. The van der Waals surface area contributed by atoms with Gasteiger partial charge in [-0.2, -0.15) is 0 Å². The number of nitrogens with one attached hydrogen (secondary N) is 1. The van der Waals surface area contributed by atoms with Gasteiger partial charge in [-0.15, -0.1) is 0 Å². The quantitative estimate of drug-likeness (QED) is 0.670. The van der Waals surface area contributed by atoms with Gasteiger partial charge in [-0.1, -0.05) is 46.3 Å². The lowest BCUT2D eigenvalue weighted by Crippen LogP contribution is -2.41. The molecule has 1 fully saturated rings. The normalized spacial score (nSPS) is 18.5. The molecule has 1 atom stereocenters. The highest BCUT2D eigenvalue weighted by molar-refractivity contribution is 9.10. The molecule has 4 rings (SSSR count). The lowest BCUT2D eigenvalue weighted by molar-refractivity contribution is -0.0274. The summed E-state index contributed by atoms with van der Waals surface area (Å²) in [6.45, 7) is 2.57. The number of hydrogen-bond acceptors (Lipinski definition) is 3. The van der Waals surface area contributed by atoms with E-state index in [2.05, 4.69) is 37.9 Å². The van der Waals surface area contributed by atoms with Gasteiger partial charge < -0.3 is 9.72 Å². The highest BCUT2D eigenvalue weighted by atomic mass is 79.9. The highest BCUT2D eigenvalue weighted by Gasteiger charge is 2.24. The second kappa shape index (κ2) is 7.12. The molecule has 1 aliphatic heterocycles. The van der Waals surface area contributed by atoms with E-state index in [4.69, 9.17) is 4.74 Å². The van der Waals surface area contributed by atoms with E-state index in [9.17, 15) is 4.79 Å². The predicted octanol–water partition coefficient (Wildman–Crippen LogP) is 4.19. The molecule has 1 saturated heterocycles. The molecule has 4 nitrogen and oxygen atoms in total. The molecule has 1 aliphatic rings. The predicted molar refractivity (Wildman–Crippen MR) is 102 cm³/mol. The lowest BCUT2D eigenvalue weighted by Gasteiger charge is -2.32. The average molecular weight is 399 g/mol. The van der Waals surface area contributed by atoms with Crippen molar-refractivity contribution < 1.29 is 9.53 Å². The number of ketones is 1. The Hall–Kier alpha value is -1.95. The van der Waals surface area contributed by atoms with Crippen LogP contribution in [0.3, 0.4) is 0 Å². The van der Waals surface area contributed by atoms with Crippen LogP contribution in [-0.2, 0) is 4.74 Å². The fourth-order valence-electron chi connectivity index (χ4n) is 3.32. The van der Waals surface area contributed by atoms with Gasteiger partial charge in [-0.3, -0.25) is 9.69 Å². The van der Waals surface area contributed by atoms with Gasteiger partial charge in [0, 0.05) is 40.2 Å². The summed E-state index contributed by atoms with van der Waals surface area (Å²) in [5.41, 5.74) is 2.91. The number of carbonyl (C=O) groups is 1. The summed E-state index contributed by atoms with van der Waals surface area (Å²) in [6.07, 6.45) is 1.83. The Morgan fingerprint density at radius 2 is 2.00 bits per heavy atom. The van der Waals surface area contributed by atoms with Crippen molar-refractivity contribution in [2.24, 2.45) is 0 Å². The standard InChI is InChI=1S/C20H19BrN2O2/c21-15-7-5-14(6-8-15)20-13-23(9-10-25-20)12-19(24)17-11-22-18-4-2-1-3-16(17)18/h1-8,11,20,22H,9-10,12-13H2. The van der Waals surface area contributed by atoms with Gasteiger partial charge in [0.25, 0.3) is 0 Å². The third kappa shape index (κ3) is 3.54. The average Bonchev–Trinajstić information content (AvgIpc) is 3.07. The molecule has 0 saturated carbocycles. The Bertz CT molecular complexity index is 888. The van der Waals surface area contributed by atoms with Crippen molar-refractivity contribution in [3.8, 4) is 0 Å². The Balaban J connectivity index is 1.47. The van der Waals surface area contributed by atoms with Crippen LogP contribution >= 0.6 is 15.9 Å². The molecule has 0 spiro atoms. The molecule has 0 bridgehead atoms. The molecule has 25 heavy (non-hydrogen) atoms. The lowest BCUT2D eigenvalue weighted by atomic mass is 10.1. The summed E-state index contributed by atoms with van der Waals surface area (Å²) < 4.78 is 6.96. The minimum absolute atomic E-state index is 0.0117. The number of carbonyl (C=O) groups excluding carboxylic acids is 1. The molecule has 1 N–H and O–H groups in total. The van der Waals surface area contributed by atoms with Crippen LogP contribution in [-0.4, -0.2) is 41.9 Å². The molecule has 0 radical (unpaired) electrons. The Labute approximate surface area is 154 Å². The van der Waals surface area contributed by atoms with Crippen LogP contribution in [0.15, 0.2) is 59.2 Å². The van der Waals surface area contributed by atoms with E-state index in [1.807, 2.05) is 42.6 Å². The zero-order valence-electron chi connectivity index (χ0n) is 13.7. The fraction of sp³-hybridized carbons (Fsp3) is 0.250. The number of rotatable bonds is 4. The van der Waals surface area contributed by atoms with Crippen molar-refractivity contribution in [1.82, 2.24) is 9.88 Å². The number of fused-ring (bicyclic) bond motifs is 1. The van der Waals surface area contributed by atoms with Crippen LogP contribution in [0.2, 0.25) is 0 Å². The van der Waals surface area contributed by atoms with Crippen LogP contribution < -0.4 is 0 Å². The first-order valence-electron chi connectivity index (χ1n) is 8.39. The SMILES string of the molecule is O=C(CN1CCOC(c2ccc(Br)cc2)C1)c1c[nH]c2ccccc12. The van der Waals surface area contributed by atoms with Gasteiger partial charge in [0.1, 0.15) is 0 Å². The zero-order chi connectivity index (χ0) is 17.2. The number of para-hydroxylation sites is 1. The molecular weight excluding hydrogens is 380 g/mol. The van der Waals surface area contributed by atoms with Gasteiger partial charge in [0.2, 0.25) is 0 Å². The number of hydrogen-bond donors (Lipinski definition) is 1. The number of benzene rings is 2. The Morgan fingerprint density at radius 1 is 1.20 bits per heavy atom. The molecule has 0 amide bonds. The van der Waals surface area contributed by atoms with Gasteiger partial charge in [-0.25, -0.2) is 0 Å². The summed E-state index contributed by atoms with van der Waals surface area (Å²) >= 11 is 3.46. The van der Waals surface area contributed by atoms with Crippen LogP contribution in [0.1, 0.15) is 22.0 Å². The summed E-state index contributed by atoms with van der Waals surface area (Å²) in [5.74, 6) is 0.147. The number of Topliss-reactive ketones (excluding diaryl/α,β-unsaturated/α-hetero) is 1. The first kappa shape index (κ1) is 16.5. The third-order valence-corrected chi connectivity index (χ3v) is 5.18. The van der Waals surface area contributed by atoms with Gasteiger partial charge >= 0.3 is 0 Å². The molecule has 2 aromatic carbocycles. The molecule has 1 aromatic heterocycles. The zero-order valence-corrected chi connectivity index (χ0v) is 15.3. The van der Waals surface area contributed by atoms with E-state index in [1.54, 1.807) is 0 Å². The second-order valence-electron chi connectivity index (χ2n) is 6.32. The minimum Gasteiger partial charge on any atom is -0.371 e. The molecule has 128 valence electrons. The number of morpholine rings is 1. The monoisotopic (exact) mass is 398 g/mol. The fourth-order valence-corrected chi connectivity index (χ4v) is 3.58. The number of ether oxygens (including phenoxy) is 1. The van der Waals surface area contributed by atoms with E-state index in [0.717, 1.165) is 39.6 Å². The number of aromatic amines is 1. The molecule has 2 heterocycles. The largest absolute Gasteiger partial charge is 0.371 e. The van der Waals surface area contributed by atoms with Crippen LogP contribution in [0.25, 0.3) is 10.9 Å². The van der Waals surface area contributed by atoms with Crippen molar-refractivity contribution in [3.63, 3.8) is 0 Å². The summed E-state index contributed by atoms with van der Waals surface area (Å²) in [5, 5.41) is 0.991. The summed E-state index contributed by atoms with van der Waals surface area (Å²) in [6, 6.07) is 16.1. The van der Waals surface area contributed by atoms with E-state index >= 15 is 0 Å². The van der Waals surface area contributed by atoms with Crippen molar-refractivity contribution in [1.29, 1.82) is 0 Å². The van der Waals surface area contributed by atoms with Gasteiger partial charge in [-0.05, 0) is 23.8 Å². The van der Waals surface area contributed by atoms with E-state index in [1.165, 1.54) is 0 Å². The van der Waals surface area contributed by atoms with Crippen LogP contribution in [0.4, 0.5) is 0 Å². The maximum absolute atomic E-state index is 12.8. The summed E-state index contributed by atoms with van der Waals surface area (Å²) in [4.78, 5) is 18.1. The number of aromatic nitrogens is 1. The molecular formula is C20H19BrN2O2. The van der Waals surface area contributed by atoms with Gasteiger partial charge in [0.15, 0.2) is 5.78 Å². The topological polar surface area (TPSA) is 45.3 Å². The number of nitrogens with zero attached hydrogens (tertiary/aromatic N) is 1. The van der Waals surface area contributed by atoms with Crippen LogP contribution in [0.5, 0.6) is 0 Å². The van der Waals surface area contributed by atoms with Crippen molar-refractivity contribution in [2.45, 2.75) is 6.10 Å². The second-order valence-corrected chi connectivity index (χ2v) is 7.23. The number of H-pyrrole nitrogens is 1. The molecule has 1 unspecified atom stereocenters. The van der Waals surface area contributed by atoms with Gasteiger partial charge in [0.05, 0.1) is 19.3 Å². The van der Waals surface area contributed by atoms with E-state index in [0.29, 0.717) is 13.2 Å². The van der Waals surface area contributed by atoms with E-state index < -0.39 is 0 Å². The van der Waals surface area contributed by atoms with E-state index in [-0.39, 0.29) is 11.9 Å². The molecule has 5 heteroatoms. The summed E-state index contributed by atoms with van der Waals surface area (Å²) in [7, 11) is 0. The smallest absolute Gasteiger partial charge is 0.178 e. The first-order valence-corrected chi connectivity index (χ1v) is 9.19.